The first-order chi connectivity index (χ1) is 10.1. The van der Waals surface area contributed by atoms with Crippen molar-refractivity contribution in [2.75, 3.05) is 13.1 Å². The van der Waals surface area contributed by atoms with Gasteiger partial charge < -0.3 is 11.1 Å². The molecule has 21 heavy (non-hydrogen) atoms. The molecule has 0 aromatic carbocycles. The van der Waals surface area contributed by atoms with Gasteiger partial charge in [-0.25, -0.2) is 0 Å². The number of nitrogens with zero attached hydrogens (tertiary/aromatic N) is 1. The van der Waals surface area contributed by atoms with E-state index in [4.69, 9.17) is 5.73 Å². The number of amides is 2. The van der Waals surface area contributed by atoms with E-state index in [1.807, 2.05) is 6.92 Å². The van der Waals surface area contributed by atoms with Gasteiger partial charge in [0.25, 0.3) is 0 Å². The molecule has 1 aliphatic heterocycles. The highest BCUT2D eigenvalue weighted by atomic mass is 16.2. The number of primary amides is 1. The van der Waals surface area contributed by atoms with Crippen molar-refractivity contribution in [2.24, 2.45) is 11.7 Å². The Kier molecular flexibility index (Phi) is 6.03. The molecule has 2 amide bonds. The normalized spacial score (nSPS) is 24.2. The summed E-state index contributed by atoms with van der Waals surface area (Å²) >= 11 is 0. The Morgan fingerprint density at radius 2 is 1.62 bits per heavy atom. The van der Waals surface area contributed by atoms with Crippen LogP contribution in [-0.2, 0) is 9.59 Å². The zero-order valence-corrected chi connectivity index (χ0v) is 13.1. The summed E-state index contributed by atoms with van der Waals surface area (Å²) in [5, 5.41) is 3.22. The number of carbonyl (C=O) groups excluding carboxylic acids is 2. The van der Waals surface area contributed by atoms with Crippen molar-refractivity contribution in [3.05, 3.63) is 0 Å². The Morgan fingerprint density at radius 3 is 2.14 bits per heavy atom. The van der Waals surface area contributed by atoms with E-state index in [0.717, 1.165) is 38.8 Å². The van der Waals surface area contributed by atoms with Crippen molar-refractivity contribution in [3.63, 3.8) is 0 Å². The second-order valence-electron chi connectivity index (χ2n) is 6.59. The van der Waals surface area contributed by atoms with Gasteiger partial charge in [0.1, 0.15) is 0 Å². The lowest BCUT2D eigenvalue weighted by molar-refractivity contribution is -0.128. The smallest absolute Gasteiger partial charge is 0.237 e. The molecule has 0 aromatic rings. The summed E-state index contributed by atoms with van der Waals surface area (Å²) in [6, 6.07) is 0.243. The summed E-state index contributed by atoms with van der Waals surface area (Å²) in [7, 11) is 0. The van der Waals surface area contributed by atoms with Crippen LogP contribution in [0.1, 0.15) is 58.3 Å². The van der Waals surface area contributed by atoms with E-state index >= 15 is 0 Å². The molecule has 0 spiro atoms. The van der Waals surface area contributed by atoms with E-state index in [1.54, 1.807) is 0 Å². The topological polar surface area (TPSA) is 75.4 Å². The van der Waals surface area contributed by atoms with Crippen LogP contribution in [0.5, 0.6) is 0 Å². The highest BCUT2D eigenvalue weighted by Gasteiger charge is 2.29. The minimum atomic E-state index is -0.204. The second kappa shape index (κ2) is 7.78. The number of piperidine rings is 1. The lowest BCUT2D eigenvalue weighted by atomic mass is 9.95. The molecule has 1 atom stereocenters. The van der Waals surface area contributed by atoms with Gasteiger partial charge in [0.2, 0.25) is 11.8 Å². The van der Waals surface area contributed by atoms with Crippen molar-refractivity contribution in [1.82, 2.24) is 10.2 Å². The number of nitrogens with two attached hydrogens (primary N) is 1. The van der Waals surface area contributed by atoms with Gasteiger partial charge in [-0.1, -0.05) is 25.7 Å². The van der Waals surface area contributed by atoms with Crippen molar-refractivity contribution < 1.29 is 9.59 Å². The van der Waals surface area contributed by atoms with Gasteiger partial charge in [0.05, 0.1) is 6.04 Å². The Morgan fingerprint density at radius 1 is 1.05 bits per heavy atom. The van der Waals surface area contributed by atoms with E-state index in [-0.39, 0.29) is 23.8 Å². The molecular weight excluding hydrogens is 266 g/mol. The molecule has 2 rings (SSSR count). The van der Waals surface area contributed by atoms with Crippen LogP contribution in [0.15, 0.2) is 0 Å². The summed E-state index contributed by atoms with van der Waals surface area (Å²) in [5.74, 6) is -0.0806. The number of hydrogen-bond donors (Lipinski definition) is 2. The van der Waals surface area contributed by atoms with E-state index in [9.17, 15) is 9.59 Å². The SMILES string of the molecule is C[C@@H](C(=O)NC1CCCCCC1)N1CCC(C(N)=O)CC1. The molecule has 5 nitrogen and oxygen atoms in total. The molecule has 5 heteroatoms. The van der Waals surface area contributed by atoms with E-state index in [2.05, 4.69) is 10.2 Å². The molecule has 1 saturated carbocycles. The minimum absolute atomic E-state index is 0.0154. The Labute approximate surface area is 127 Å². The van der Waals surface area contributed by atoms with E-state index in [1.165, 1.54) is 25.7 Å². The quantitative estimate of drug-likeness (QED) is 0.770. The fourth-order valence-corrected chi connectivity index (χ4v) is 3.48. The van der Waals surface area contributed by atoms with Crippen molar-refractivity contribution in [1.29, 1.82) is 0 Å². The maximum atomic E-state index is 12.4. The first-order valence-corrected chi connectivity index (χ1v) is 8.41. The fourth-order valence-electron chi connectivity index (χ4n) is 3.48. The van der Waals surface area contributed by atoms with Gasteiger partial charge >= 0.3 is 0 Å². The van der Waals surface area contributed by atoms with Crippen LogP contribution in [0, 0.1) is 5.92 Å². The third-order valence-electron chi connectivity index (χ3n) is 5.06. The van der Waals surface area contributed by atoms with Crippen LogP contribution in [-0.4, -0.2) is 41.9 Å². The zero-order chi connectivity index (χ0) is 15.2. The molecule has 0 bridgehead atoms. The standard InChI is InChI=1S/C16H29N3O2/c1-12(19-10-8-13(9-11-19)15(17)20)16(21)18-14-6-4-2-3-5-7-14/h12-14H,2-11H2,1H3,(H2,17,20)(H,18,21)/t12-/m0/s1. The van der Waals surface area contributed by atoms with Crippen molar-refractivity contribution >= 4 is 11.8 Å². The van der Waals surface area contributed by atoms with Gasteiger partial charge in [-0.2, -0.15) is 0 Å². The highest BCUT2D eigenvalue weighted by molar-refractivity contribution is 5.81. The number of hydrogen-bond acceptors (Lipinski definition) is 3. The zero-order valence-electron chi connectivity index (χ0n) is 13.1. The van der Waals surface area contributed by atoms with Crippen molar-refractivity contribution in [3.8, 4) is 0 Å². The van der Waals surface area contributed by atoms with E-state index in [0.29, 0.717) is 6.04 Å². The maximum Gasteiger partial charge on any atom is 0.237 e. The van der Waals surface area contributed by atoms with Gasteiger partial charge in [-0.3, -0.25) is 14.5 Å². The van der Waals surface area contributed by atoms with Crippen molar-refractivity contribution in [2.45, 2.75) is 70.4 Å². The fraction of sp³-hybridized carbons (Fsp3) is 0.875. The van der Waals surface area contributed by atoms with Crippen LogP contribution >= 0.6 is 0 Å². The molecule has 3 N–H and O–H groups in total. The number of carbonyl (C=O) groups is 2. The average Bonchev–Trinajstić information content (AvgIpc) is 2.75. The predicted molar refractivity (Wildman–Crippen MR) is 82.6 cm³/mol. The second-order valence-corrected chi connectivity index (χ2v) is 6.59. The van der Waals surface area contributed by atoms with Gasteiger partial charge in [0.15, 0.2) is 0 Å². The monoisotopic (exact) mass is 295 g/mol. The summed E-state index contributed by atoms with van der Waals surface area (Å²) in [5.41, 5.74) is 5.35. The van der Waals surface area contributed by atoms with Crippen LogP contribution in [0.3, 0.4) is 0 Å². The van der Waals surface area contributed by atoms with Gasteiger partial charge in [0, 0.05) is 12.0 Å². The largest absolute Gasteiger partial charge is 0.369 e. The lowest BCUT2D eigenvalue weighted by Crippen LogP contribution is -2.51. The molecule has 120 valence electrons. The summed E-state index contributed by atoms with van der Waals surface area (Å²) in [4.78, 5) is 25.8. The van der Waals surface area contributed by atoms with Crippen LogP contribution in [0.2, 0.25) is 0 Å². The molecule has 2 aliphatic rings. The maximum absolute atomic E-state index is 12.4. The van der Waals surface area contributed by atoms with Crippen LogP contribution in [0.4, 0.5) is 0 Å². The summed E-state index contributed by atoms with van der Waals surface area (Å²) in [6.07, 6.45) is 8.81. The molecule has 0 unspecified atom stereocenters. The molecular formula is C16H29N3O2. The lowest BCUT2D eigenvalue weighted by Gasteiger charge is -2.34. The van der Waals surface area contributed by atoms with Crippen LogP contribution < -0.4 is 11.1 Å². The van der Waals surface area contributed by atoms with Gasteiger partial charge in [-0.15, -0.1) is 0 Å². The molecule has 0 radical (unpaired) electrons. The Hall–Kier alpha value is -1.10. The van der Waals surface area contributed by atoms with Crippen LogP contribution in [0.25, 0.3) is 0 Å². The molecule has 0 aromatic heterocycles. The third kappa shape index (κ3) is 4.70. The minimum Gasteiger partial charge on any atom is -0.369 e. The summed E-state index contributed by atoms with van der Waals surface area (Å²) in [6.45, 7) is 3.54. The molecule has 2 fully saturated rings. The Balaban J connectivity index is 1.78. The predicted octanol–water partition coefficient (Wildman–Crippen LogP) is 1.41. The molecule has 1 aliphatic carbocycles. The number of likely N-dealkylation sites (tertiary alicyclic amines) is 1. The van der Waals surface area contributed by atoms with Gasteiger partial charge in [-0.05, 0) is 45.7 Å². The number of nitrogens with one attached hydrogen (secondary N) is 1. The molecule has 1 heterocycles. The highest BCUT2D eigenvalue weighted by Crippen LogP contribution is 2.20. The average molecular weight is 295 g/mol. The first-order valence-electron chi connectivity index (χ1n) is 8.41. The number of rotatable bonds is 4. The molecule has 1 saturated heterocycles. The third-order valence-corrected chi connectivity index (χ3v) is 5.06. The Bertz CT molecular complexity index is 357. The summed E-state index contributed by atoms with van der Waals surface area (Å²) < 4.78 is 0. The van der Waals surface area contributed by atoms with E-state index < -0.39 is 0 Å². The first kappa shape index (κ1) is 16.3.